The highest BCUT2D eigenvalue weighted by atomic mass is 16.3. The van der Waals surface area contributed by atoms with Gasteiger partial charge in [-0.25, -0.2) is 4.68 Å². The average molecular weight is 371 g/mol. The van der Waals surface area contributed by atoms with Crippen LogP contribution in [0.25, 0.3) is 5.69 Å². The standard InChI is InChI=1S/C22H34N4O/c1-18(6-4-13-22(2,3)27)24-19-11-16-25(17-12-19)20-7-9-21(10-8-20)26-15-5-14-23-26/h5,7-10,14-15,18-19,24,27H,4,6,11-13,16-17H2,1-3H3/t18-/m0/s1. The van der Waals surface area contributed by atoms with Crippen LogP contribution in [0.2, 0.25) is 0 Å². The number of hydrogen-bond donors (Lipinski definition) is 2. The maximum absolute atomic E-state index is 9.83. The summed E-state index contributed by atoms with van der Waals surface area (Å²) in [7, 11) is 0. The van der Waals surface area contributed by atoms with Gasteiger partial charge in [0, 0.05) is 43.3 Å². The number of benzene rings is 1. The number of hydrogen-bond acceptors (Lipinski definition) is 4. The summed E-state index contributed by atoms with van der Waals surface area (Å²) in [5.74, 6) is 0. The molecule has 5 nitrogen and oxygen atoms in total. The molecule has 0 bridgehead atoms. The fraction of sp³-hybridized carbons (Fsp3) is 0.591. The topological polar surface area (TPSA) is 53.3 Å². The van der Waals surface area contributed by atoms with Gasteiger partial charge in [-0.15, -0.1) is 0 Å². The van der Waals surface area contributed by atoms with Crippen LogP contribution in [0.3, 0.4) is 0 Å². The van der Waals surface area contributed by atoms with Crippen LogP contribution >= 0.6 is 0 Å². The van der Waals surface area contributed by atoms with E-state index in [4.69, 9.17) is 0 Å². The molecule has 0 unspecified atom stereocenters. The molecule has 0 spiro atoms. The third-order valence-electron chi connectivity index (χ3n) is 5.42. The van der Waals surface area contributed by atoms with Crippen molar-refractivity contribution in [1.82, 2.24) is 15.1 Å². The zero-order valence-corrected chi connectivity index (χ0v) is 16.9. The molecule has 1 aromatic carbocycles. The smallest absolute Gasteiger partial charge is 0.0647 e. The Kier molecular flexibility index (Phi) is 6.55. The van der Waals surface area contributed by atoms with Gasteiger partial charge in [0.25, 0.3) is 0 Å². The van der Waals surface area contributed by atoms with E-state index in [2.05, 4.69) is 46.5 Å². The van der Waals surface area contributed by atoms with Crippen molar-refractivity contribution in [3.63, 3.8) is 0 Å². The number of anilines is 1. The fourth-order valence-corrected chi connectivity index (χ4v) is 3.87. The number of aromatic nitrogens is 2. The van der Waals surface area contributed by atoms with Gasteiger partial charge in [-0.2, -0.15) is 5.10 Å². The van der Waals surface area contributed by atoms with E-state index in [1.165, 1.54) is 18.5 Å². The highest BCUT2D eigenvalue weighted by Gasteiger charge is 2.21. The lowest BCUT2D eigenvalue weighted by molar-refractivity contribution is 0.0673. The second kappa shape index (κ2) is 8.89. The van der Waals surface area contributed by atoms with Crippen molar-refractivity contribution in [1.29, 1.82) is 0 Å². The zero-order chi connectivity index (χ0) is 19.3. The maximum Gasteiger partial charge on any atom is 0.0647 e. The molecule has 1 saturated heterocycles. The molecule has 5 heteroatoms. The second-order valence-corrected chi connectivity index (χ2v) is 8.50. The van der Waals surface area contributed by atoms with Crippen LogP contribution in [-0.4, -0.2) is 45.7 Å². The van der Waals surface area contributed by atoms with E-state index in [1.807, 2.05) is 30.8 Å². The second-order valence-electron chi connectivity index (χ2n) is 8.50. The first-order valence-corrected chi connectivity index (χ1v) is 10.2. The van der Waals surface area contributed by atoms with E-state index in [0.29, 0.717) is 12.1 Å². The first kappa shape index (κ1) is 19.9. The SMILES string of the molecule is C[C@@H](CCCC(C)(C)O)NC1CCN(c2ccc(-n3cccn3)cc2)CC1. The number of piperidine rings is 1. The molecule has 0 radical (unpaired) electrons. The van der Waals surface area contributed by atoms with Crippen LogP contribution in [0.1, 0.15) is 52.9 Å². The number of rotatable bonds is 8. The van der Waals surface area contributed by atoms with E-state index in [1.54, 1.807) is 6.20 Å². The summed E-state index contributed by atoms with van der Waals surface area (Å²) in [6.45, 7) is 8.24. The van der Waals surface area contributed by atoms with Crippen molar-refractivity contribution in [2.45, 2.75) is 70.6 Å². The molecule has 1 atom stereocenters. The Morgan fingerprint density at radius 3 is 2.44 bits per heavy atom. The van der Waals surface area contributed by atoms with Gasteiger partial charge in [0.15, 0.2) is 0 Å². The number of nitrogens with one attached hydrogen (secondary N) is 1. The molecule has 1 aromatic heterocycles. The van der Waals surface area contributed by atoms with E-state index in [-0.39, 0.29) is 0 Å². The van der Waals surface area contributed by atoms with E-state index >= 15 is 0 Å². The fourth-order valence-electron chi connectivity index (χ4n) is 3.87. The van der Waals surface area contributed by atoms with Gasteiger partial charge in [0.05, 0.1) is 11.3 Å². The Balaban J connectivity index is 1.42. The first-order chi connectivity index (χ1) is 12.9. The Morgan fingerprint density at radius 1 is 1.19 bits per heavy atom. The van der Waals surface area contributed by atoms with Gasteiger partial charge in [0.2, 0.25) is 0 Å². The predicted octanol–water partition coefficient (Wildman–Crippen LogP) is 3.76. The summed E-state index contributed by atoms with van der Waals surface area (Å²) in [6.07, 6.45) is 9.18. The Bertz CT molecular complexity index is 667. The molecule has 3 rings (SSSR count). The molecule has 2 N–H and O–H groups in total. The predicted molar refractivity (Wildman–Crippen MR) is 112 cm³/mol. The molecule has 2 aromatic rings. The van der Waals surface area contributed by atoms with Crippen molar-refractivity contribution in [2.24, 2.45) is 0 Å². The largest absolute Gasteiger partial charge is 0.390 e. The average Bonchev–Trinajstić information content (AvgIpc) is 3.16. The van der Waals surface area contributed by atoms with Crippen molar-refractivity contribution >= 4 is 5.69 Å². The molecular weight excluding hydrogens is 336 g/mol. The molecule has 2 heterocycles. The Hall–Kier alpha value is -1.85. The van der Waals surface area contributed by atoms with E-state index < -0.39 is 5.60 Å². The van der Waals surface area contributed by atoms with Gasteiger partial charge in [-0.05, 0) is 83.2 Å². The third kappa shape index (κ3) is 6.08. The number of nitrogens with zero attached hydrogens (tertiary/aromatic N) is 3. The molecule has 1 aliphatic heterocycles. The van der Waals surface area contributed by atoms with Crippen LogP contribution in [-0.2, 0) is 0 Å². The minimum Gasteiger partial charge on any atom is -0.390 e. The lowest BCUT2D eigenvalue weighted by Gasteiger charge is -2.35. The lowest BCUT2D eigenvalue weighted by Crippen LogP contribution is -2.45. The van der Waals surface area contributed by atoms with Crippen molar-refractivity contribution < 1.29 is 5.11 Å². The molecule has 0 saturated carbocycles. The maximum atomic E-state index is 9.83. The third-order valence-corrected chi connectivity index (χ3v) is 5.42. The minimum absolute atomic E-state index is 0.511. The molecule has 148 valence electrons. The summed E-state index contributed by atoms with van der Waals surface area (Å²) in [5, 5.41) is 17.9. The van der Waals surface area contributed by atoms with Crippen molar-refractivity contribution in [2.75, 3.05) is 18.0 Å². The van der Waals surface area contributed by atoms with Gasteiger partial charge in [-0.3, -0.25) is 0 Å². The van der Waals surface area contributed by atoms with Crippen LogP contribution < -0.4 is 10.2 Å². The van der Waals surface area contributed by atoms with Crippen LogP contribution in [0.4, 0.5) is 5.69 Å². The summed E-state index contributed by atoms with van der Waals surface area (Å²) < 4.78 is 1.89. The Labute approximate surface area is 163 Å². The van der Waals surface area contributed by atoms with Gasteiger partial charge >= 0.3 is 0 Å². The molecular formula is C22H34N4O. The first-order valence-electron chi connectivity index (χ1n) is 10.2. The monoisotopic (exact) mass is 370 g/mol. The van der Waals surface area contributed by atoms with Crippen molar-refractivity contribution in [3.05, 3.63) is 42.7 Å². The number of aliphatic hydroxyl groups is 1. The summed E-state index contributed by atoms with van der Waals surface area (Å²) in [6, 6.07) is 11.7. The highest BCUT2D eigenvalue weighted by Crippen LogP contribution is 2.22. The summed E-state index contributed by atoms with van der Waals surface area (Å²) in [4.78, 5) is 2.48. The van der Waals surface area contributed by atoms with Crippen LogP contribution in [0.5, 0.6) is 0 Å². The molecule has 0 amide bonds. The van der Waals surface area contributed by atoms with Crippen molar-refractivity contribution in [3.8, 4) is 5.69 Å². The molecule has 0 aliphatic carbocycles. The van der Waals surface area contributed by atoms with E-state index in [0.717, 1.165) is 38.0 Å². The van der Waals surface area contributed by atoms with Gasteiger partial charge in [0.1, 0.15) is 0 Å². The Morgan fingerprint density at radius 2 is 1.85 bits per heavy atom. The van der Waals surface area contributed by atoms with Gasteiger partial charge in [-0.1, -0.05) is 0 Å². The molecule has 1 fully saturated rings. The summed E-state index contributed by atoms with van der Waals surface area (Å²) in [5.41, 5.74) is 1.85. The normalized spacial score (nSPS) is 17.3. The minimum atomic E-state index is -0.544. The molecule has 27 heavy (non-hydrogen) atoms. The summed E-state index contributed by atoms with van der Waals surface area (Å²) >= 11 is 0. The zero-order valence-electron chi connectivity index (χ0n) is 16.9. The highest BCUT2D eigenvalue weighted by molar-refractivity contribution is 5.51. The van der Waals surface area contributed by atoms with E-state index in [9.17, 15) is 5.11 Å². The van der Waals surface area contributed by atoms with Gasteiger partial charge < -0.3 is 15.3 Å². The van der Waals surface area contributed by atoms with Crippen LogP contribution in [0, 0.1) is 0 Å². The van der Waals surface area contributed by atoms with Crippen LogP contribution in [0.15, 0.2) is 42.7 Å². The molecule has 1 aliphatic rings. The quantitative estimate of drug-likeness (QED) is 0.743. The lowest BCUT2D eigenvalue weighted by atomic mass is 9.98.